The van der Waals surface area contributed by atoms with Crippen LogP contribution in [0.4, 0.5) is 5.69 Å². The Hall–Kier alpha value is -1.90. The van der Waals surface area contributed by atoms with Crippen LogP contribution in [0.1, 0.15) is 17.5 Å². The Balaban J connectivity index is 1.62. The number of nitrogens with zero attached hydrogens (tertiary/aromatic N) is 1. The fourth-order valence-corrected chi connectivity index (χ4v) is 5.17. The molecule has 3 nitrogen and oxygen atoms in total. The summed E-state index contributed by atoms with van der Waals surface area (Å²) in [5.41, 5.74) is 2.95. The van der Waals surface area contributed by atoms with E-state index in [0.717, 1.165) is 16.8 Å². The van der Waals surface area contributed by atoms with Crippen molar-refractivity contribution in [3.8, 4) is 0 Å². The summed E-state index contributed by atoms with van der Waals surface area (Å²) < 4.78 is 0. The highest BCUT2D eigenvalue weighted by atomic mass is 16.2. The highest BCUT2D eigenvalue weighted by Gasteiger charge is 2.67. The van der Waals surface area contributed by atoms with Crippen molar-refractivity contribution in [1.29, 1.82) is 0 Å². The van der Waals surface area contributed by atoms with E-state index in [4.69, 9.17) is 0 Å². The number of anilines is 1. The van der Waals surface area contributed by atoms with Crippen LogP contribution < -0.4 is 4.90 Å². The number of aryl methyl sites for hydroxylation is 1. The van der Waals surface area contributed by atoms with E-state index in [1.807, 2.05) is 32.0 Å². The topological polar surface area (TPSA) is 37.4 Å². The van der Waals surface area contributed by atoms with Crippen LogP contribution in [0.5, 0.6) is 0 Å². The van der Waals surface area contributed by atoms with Crippen molar-refractivity contribution in [2.45, 2.75) is 20.3 Å². The van der Waals surface area contributed by atoms with Gasteiger partial charge in [-0.1, -0.05) is 24.3 Å². The molecule has 6 rings (SSSR count). The Bertz CT molecular complexity index is 714. The third kappa shape index (κ3) is 1.33. The molecule has 0 N–H and O–H groups in total. The van der Waals surface area contributed by atoms with Crippen molar-refractivity contribution in [2.24, 2.45) is 35.5 Å². The molecule has 5 aliphatic rings. The quantitative estimate of drug-likeness (QED) is 0.590. The van der Waals surface area contributed by atoms with Gasteiger partial charge in [0.05, 0.1) is 17.5 Å². The number of carbonyl (C=O) groups excluding carboxylic acids is 2. The second-order valence-electron chi connectivity index (χ2n) is 7.39. The summed E-state index contributed by atoms with van der Waals surface area (Å²) in [6.45, 7) is 4.02. The maximum atomic E-state index is 13.0. The van der Waals surface area contributed by atoms with E-state index in [0.29, 0.717) is 23.7 Å². The van der Waals surface area contributed by atoms with Gasteiger partial charge in [0.2, 0.25) is 11.8 Å². The molecule has 0 radical (unpaired) electrons. The lowest BCUT2D eigenvalue weighted by molar-refractivity contribution is -0.124. The molecule has 1 heterocycles. The molecule has 3 fully saturated rings. The Morgan fingerprint density at radius 2 is 1.55 bits per heavy atom. The van der Waals surface area contributed by atoms with Gasteiger partial charge in [-0.2, -0.15) is 0 Å². The van der Waals surface area contributed by atoms with Crippen LogP contribution in [-0.2, 0) is 9.59 Å². The van der Waals surface area contributed by atoms with Crippen LogP contribution in [-0.4, -0.2) is 11.8 Å². The molecule has 2 bridgehead atoms. The van der Waals surface area contributed by atoms with E-state index in [-0.39, 0.29) is 23.7 Å². The van der Waals surface area contributed by atoms with E-state index in [1.54, 1.807) is 0 Å². The fraction of sp³-hybridized carbons (Fsp3) is 0.474. The number of rotatable bonds is 1. The molecule has 0 unspecified atom stereocenters. The second kappa shape index (κ2) is 3.89. The summed E-state index contributed by atoms with van der Waals surface area (Å²) in [6, 6.07) is 5.87. The van der Waals surface area contributed by atoms with Gasteiger partial charge >= 0.3 is 0 Å². The summed E-state index contributed by atoms with van der Waals surface area (Å²) in [5, 5.41) is 0. The Labute approximate surface area is 130 Å². The molecule has 1 aromatic rings. The molecular formula is C19H19NO2. The maximum absolute atomic E-state index is 13.0. The monoisotopic (exact) mass is 293 g/mol. The van der Waals surface area contributed by atoms with Crippen LogP contribution in [0.15, 0.2) is 30.4 Å². The Morgan fingerprint density at radius 1 is 0.955 bits per heavy atom. The van der Waals surface area contributed by atoms with Gasteiger partial charge in [0, 0.05) is 0 Å². The first-order valence-corrected chi connectivity index (χ1v) is 8.22. The van der Waals surface area contributed by atoms with Crippen LogP contribution in [0.2, 0.25) is 0 Å². The zero-order valence-corrected chi connectivity index (χ0v) is 12.8. The average Bonchev–Trinajstić information content (AvgIpc) is 3.28. The molecule has 1 aliphatic heterocycles. The van der Waals surface area contributed by atoms with Crippen molar-refractivity contribution >= 4 is 17.5 Å². The Kier molecular flexibility index (Phi) is 2.23. The number of benzene rings is 1. The summed E-state index contributed by atoms with van der Waals surface area (Å²) in [4.78, 5) is 27.6. The molecule has 3 heteroatoms. The smallest absolute Gasteiger partial charge is 0.238 e. The van der Waals surface area contributed by atoms with Gasteiger partial charge in [-0.3, -0.25) is 9.59 Å². The molecule has 0 spiro atoms. The minimum atomic E-state index is -0.105. The molecular weight excluding hydrogens is 274 g/mol. The van der Waals surface area contributed by atoms with Crippen molar-refractivity contribution < 1.29 is 9.59 Å². The molecule has 2 saturated carbocycles. The summed E-state index contributed by atoms with van der Waals surface area (Å²) in [7, 11) is 0. The number of imide groups is 1. The third-order valence-electron chi connectivity index (χ3n) is 6.48. The fourth-order valence-electron chi connectivity index (χ4n) is 5.17. The molecule has 1 aromatic carbocycles. The van der Waals surface area contributed by atoms with E-state index in [1.165, 1.54) is 11.3 Å². The standard InChI is InChI=1S/C19H19NO2/c1-9-4-3-5-15(10(9)2)20-18(21)16-11-6-7-12(14-8-13(11)14)17(16)19(20)22/h3-7,11-14,16-17H,8H2,1-2H3/t11-,12-,13-,14-,16+,17+/m0/s1. The zero-order valence-electron chi connectivity index (χ0n) is 12.8. The van der Waals surface area contributed by atoms with Gasteiger partial charge in [-0.25, -0.2) is 4.90 Å². The predicted octanol–water partition coefficient (Wildman–Crippen LogP) is 2.86. The molecule has 0 aromatic heterocycles. The lowest BCUT2D eigenvalue weighted by atomic mass is 9.63. The summed E-state index contributed by atoms with van der Waals surface area (Å²) in [5.74, 6) is 1.77. The third-order valence-corrected chi connectivity index (χ3v) is 6.48. The largest absolute Gasteiger partial charge is 0.274 e. The molecule has 2 amide bonds. The summed E-state index contributed by atoms with van der Waals surface area (Å²) in [6.07, 6.45) is 5.65. The maximum Gasteiger partial charge on any atom is 0.238 e. The van der Waals surface area contributed by atoms with E-state index in [2.05, 4.69) is 12.2 Å². The zero-order chi connectivity index (χ0) is 15.2. The van der Waals surface area contributed by atoms with Gasteiger partial charge in [0.25, 0.3) is 0 Å². The minimum Gasteiger partial charge on any atom is -0.274 e. The van der Waals surface area contributed by atoms with Gasteiger partial charge in [-0.15, -0.1) is 0 Å². The second-order valence-corrected chi connectivity index (χ2v) is 7.39. The number of amides is 2. The number of allylic oxidation sites excluding steroid dienone is 2. The molecule has 112 valence electrons. The number of hydrogen-bond donors (Lipinski definition) is 0. The van der Waals surface area contributed by atoms with Crippen LogP contribution in [0.25, 0.3) is 0 Å². The van der Waals surface area contributed by atoms with E-state index >= 15 is 0 Å². The Morgan fingerprint density at radius 3 is 2.14 bits per heavy atom. The van der Waals surface area contributed by atoms with E-state index in [9.17, 15) is 9.59 Å². The van der Waals surface area contributed by atoms with Crippen molar-refractivity contribution in [1.82, 2.24) is 0 Å². The van der Waals surface area contributed by atoms with Crippen LogP contribution >= 0.6 is 0 Å². The van der Waals surface area contributed by atoms with Gasteiger partial charge < -0.3 is 0 Å². The lowest BCUT2D eigenvalue weighted by Gasteiger charge is -2.37. The van der Waals surface area contributed by atoms with Crippen molar-refractivity contribution in [3.63, 3.8) is 0 Å². The van der Waals surface area contributed by atoms with Crippen LogP contribution in [0, 0.1) is 49.4 Å². The van der Waals surface area contributed by atoms with Gasteiger partial charge in [-0.05, 0) is 61.1 Å². The first-order valence-electron chi connectivity index (χ1n) is 8.22. The van der Waals surface area contributed by atoms with Crippen molar-refractivity contribution in [3.05, 3.63) is 41.5 Å². The first kappa shape index (κ1) is 12.6. The predicted molar refractivity (Wildman–Crippen MR) is 83.1 cm³/mol. The summed E-state index contributed by atoms with van der Waals surface area (Å²) >= 11 is 0. The van der Waals surface area contributed by atoms with E-state index < -0.39 is 0 Å². The number of carbonyl (C=O) groups is 2. The molecule has 4 aliphatic carbocycles. The molecule has 22 heavy (non-hydrogen) atoms. The van der Waals surface area contributed by atoms with Crippen molar-refractivity contribution in [2.75, 3.05) is 4.90 Å². The highest BCUT2D eigenvalue weighted by molar-refractivity contribution is 6.23. The first-order chi connectivity index (χ1) is 10.6. The molecule has 1 saturated heterocycles. The van der Waals surface area contributed by atoms with Gasteiger partial charge in [0.1, 0.15) is 0 Å². The average molecular weight is 293 g/mol. The SMILES string of the molecule is Cc1cccc(N2C(=O)[C@@H]3[C@H]4C=C[C@@H]([C@@H]5C[C@@H]45)[C@H]3C2=O)c1C. The van der Waals surface area contributed by atoms with Gasteiger partial charge in [0.15, 0.2) is 0 Å². The van der Waals surface area contributed by atoms with Crippen LogP contribution in [0.3, 0.4) is 0 Å². The normalized spacial score (nSPS) is 40.9. The minimum absolute atomic E-state index is 0.0356. The molecule has 6 atom stereocenters. The lowest BCUT2D eigenvalue weighted by Crippen LogP contribution is -2.40. The number of hydrogen-bond acceptors (Lipinski definition) is 2. The highest BCUT2D eigenvalue weighted by Crippen LogP contribution is 2.65.